The van der Waals surface area contributed by atoms with E-state index in [9.17, 15) is 0 Å². The summed E-state index contributed by atoms with van der Waals surface area (Å²) < 4.78 is 10.9. The molecule has 0 atom stereocenters. The predicted molar refractivity (Wildman–Crippen MR) is 75.0 cm³/mol. The van der Waals surface area contributed by atoms with Crippen LogP contribution >= 0.6 is 0 Å². The molecule has 4 heteroatoms. The van der Waals surface area contributed by atoms with Crippen LogP contribution in [0.5, 0.6) is 5.75 Å². The highest BCUT2D eigenvalue weighted by molar-refractivity contribution is 5.27. The van der Waals surface area contributed by atoms with E-state index in [4.69, 9.17) is 19.7 Å². The zero-order valence-corrected chi connectivity index (χ0v) is 11.2. The summed E-state index contributed by atoms with van der Waals surface area (Å²) in [6.45, 7) is 0.579. The second kappa shape index (κ2) is 7.65. The quantitative estimate of drug-likeness (QED) is 0.600. The minimum Gasteiger partial charge on any atom is -0.468 e. The van der Waals surface area contributed by atoms with E-state index in [1.807, 2.05) is 42.5 Å². The van der Waals surface area contributed by atoms with Crippen molar-refractivity contribution in [3.63, 3.8) is 0 Å². The van der Waals surface area contributed by atoms with Gasteiger partial charge in [0.1, 0.15) is 5.75 Å². The van der Waals surface area contributed by atoms with Crippen LogP contribution in [0.25, 0.3) is 0 Å². The molecule has 0 saturated carbocycles. The molecule has 4 nitrogen and oxygen atoms in total. The first-order valence-electron chi connectivity index (χ1n) is 6.41. The number of aliphatic hydroxyl groups excluding tert-OH is 2. The van der Waals surface area contributed by atoms with E-state index in [-0.39, 0.29) is 20.0 Å². The molecule has 2 aromatic carbocycles. The van der Waals surface area contributed by atoms with Gasteiger partial charge in [0.15, 0.2) is 6.79 Å². The molecule has 0 saturated heterocycles. The van der Waals surface area contributed by atoms with E-state index in [2.05, 4.69) is 0 Å². The summed E-state index contributed by atoms with van der Waals surface area (Å²) in [5.74, 6) is 0.667. The van der Waals surface area contributed by atoms with Gasteiger partial charge in [-0.3, -0.25) is 0 Å². The van der Waals surface area contributed by atoms with E-state index in [1.165, 1.54) is 0 Å². The van der Waals surface area contributed by atoms with Crippen LogP contribution < -0.4 is 4.74 Å². The highest BCUT2D eigenvalue weighted by Crippen LogP contribution is 2.13. The molecule has 0 amide bonds. The normalized spacial score (nSPS) is 10.5. The van der Waals surface area contributed by atoms with Crippen LogP contribution in [-0.4, -0.2) is 17.0 Å². The molecular weight excluding hydrogens is 256 g/mol. The number of rotatable bonds is 7. The van der Waals surface area contributed by atoms with Crippen molar-refractivity contribution in [1.29, 1.82) is 0 Å². The smallest absolute Gasteiger partial charge is 0.189 e. The second-order valence-electron chi connectivity index (χ2n) is 4.39. The topological polar surface area (TPSA) is 58.9 Å². The van der Waals surface area contributed by atoms with Gasteiger partial charge >= 0.3 is 0 Å². The van der Waals surface area contributed by atoms with Crippen LogP contribution in [0.4, 0.5) is 0 Å². The summed E-state index contributed by atoms with van der Waals surface area (Å²) in [6.07, 6.45) is 0. The molecule has 0 aliphatic carbocycles. The standard InChI is InChI=1S/C16H18O4/c17-9-13-3-1-5-15(7-13)11-19-12-20-16-6-2-4-14(8-16)10-18/h1-8,17-18H,9-12H2. The lowest BCUT2D eigenvalue weighted by molar-refractivity contribution is 0.00492. The maximum atomic E-state index is 9.05. The van der Waals surface area contributed by atoms with Gasteiger partial charge in [-0.25, -0.2) is 0 Å². The predicted octanol–water partition coefficient (Wildman–Crippen LogP) is 2.22. The molecule has 20 heavy (non-hydrogen) atoms. The van der Waals surface area contributed by atoms with Crippen LogP contribution in [0.1, 0.15) is 16.7 Å². The third-order valence-electron chi connectivity index (χ3n) is 2.83. The van der Waals surface area contributed by atoms with Crippen molar-refractivity contribution < 1.29 is 19.7 Å². The van der Waals surface area contributed by atoms with E-state index < -0.39 is 0 Å². The van der Waals surface area contributed by atoms with Crippen molar-refractivity contribution in [1.82, 2.24) is 0 Å². The number of ether oxygens (including phenoxy) is 2. The fraction of sp³-hybridized carbons (Fsp3) is 0.250. The molecule has 2 aromatic rings. The molecular formula is C16H18O4. The Labute approximate surface area is 118 Å². The van der Waals surface area contributed by atoms with Gasteiger partial charge in [-0.2, -0.15) is 0 Å². The van der Waals surface area contributed by atoms with Crippen molar-refractivity contribution in [3.8, 4) is 5.75 Å². The Hall–Kier alpha value is -1.88. The first kappa shape index (κ1) is 14.5. The molecule has 0 radical (unpaired) electrons. The minimum atomic E-state index is -0.00793. The van der Waals surface area contributed by atoms with Crippen molar-refractivity contribution >= 4 is 0 Å². The average Bonchev–Trinajstić information content (AvgIpc) is 2.52. The fourth-order valence-electron chi connectivity index (χ4n) is 1.82. The lowest BCUT2D eigenvalue weighted by Crippen LogP contribution is -2.03. The Kier molecular flexibility index (Phi) is 5.55. The fourth-order valence-corrected chi connectivity index (χ4v) is 1.82. The molecule has 2 rings (SSSR count). The van der Waals surface area contributed by atoms with Crippen LogP contribution in [0.3, 0.4) is 0 Å². The highest BCUT2D eigenvalue weighted by atomic mass is 16.7. The van der Waals surface area contributed by atoms with Gasteiger partial charge < -0.3 is 19.7 Å². The number of hydrogen-bond acceptors (Lipinski definition) is 4. The number of benzene rings is 2. The third kappa shape index (κ3) is 4.35. The monoisotopic (exact) mass is 274 g/mol. The Morgan fingerprint density at radius 3 is 2.20 bits per heavy atom. The van der Waals surface area contributed by atoms with Crippen LogP contribution in [0, 0.1) is 0 Å². The van der Waals surface area contributed by atoms with Gasteiger partial charge in [-0.1, -0.05) is 36.4 Å². The zero-order chi connectivity index (χ0) is 14.2. The van der Waals surface area contributed by atoms with Crippen molar-refractivity contribution in [3.05, 3.63) is 65.2 Å². The summed E-state index contributed by atoms with van der Waals surface area (Å²) in [5, 5.41) is 18.1. The second-order valence-corrected chi connectivity index (χ2v) is 4.39. The highest BCUT2D eigenvalue weighted by Gasteiger charge is 1.98. The zero-order valence-electron chi connectivity index (χ0n) is 11.2. The Morgan fingerprint density at radius 2 is 1.45 bits per heavy atom. The van der Waals surface area contributed by atoms with E-state index in [1.54, 1.807) is 6.07 Å². The van der Waals surface area contributed by atoms with Gasteiger partial charge in [0, 0.05) is 0 Å². The van der Waals surface area contributed by atoms with Crippen LogP contribution in [-0.2, 0) is 24.6 Å². The third-order valence-corrected chi connectivity index (χ3v) is 2.83. The van der Waals surface area contributed by atoms with Crippen molar-refractivity contribution in [2.75, 3.05) is 6.79 Å². The Bertz CT molecular complexity index is 490. The van der Waals surface area contributed by atoms with E-state index in [0.717, 1.165) is 16.7 Å². The van der Waals surface area contributed by atoms with E-state index in [0.29, 0.717) is 12.4 Å². The van der Waals surface area contributed by atoms with Gasteiger partial charge in [0.25, 0.3) is 0 Å². The lowest BCUT2D eigenvalue weighted by Gasteiger charge is -2.08. The molecule has 0 unspecified atom stereocenters. The molecule has 2 N–H and O–H groups in total. The minimum absolute atomic E-state index is 0.00793. The first-order chi connectivity index (χ1) is 9.81. The summed E-state index contributed by atoms with van der Waals surface area (Å²) >= 11 is 0. The van der Waals surface area contributed by atoms with Crippen LogP contribution in [0.2, 0.25) is 0 Å². The summed E-state index contributed by atoms with van der Waals surface area (Å²) in [4.78, 5) is 0. The largest absolute Gasteiger partial charge is 0.468 e. The van der Waals surface area contributed by atoms with Gasteiger partial charge in [-0.15, -0.1) is 0 Å². The molecule has 0 aliphatic heterocycles. The molecule has 0 bridgehead atoms. The van der Waals surface area contributed by atoms with Crippen LogP contribution in [0.15, 0.2) is 48.5 Å². The number of aliphatic hydroxyl groups is 2. The summed E-state index contributed by atoms with van der Waals surface area (Å²) in [6, 6.07) is 14.8. The molecule has 0 fully saturated rings. The SMILES string of the molecule is OCc1cccc(COCOc2cccc(CO)c2)c1. The molecule has 0 aromatic heterocycles. The van der Waals surface area contributed by atoms with Gasteiger partial charge in [0.2, 0.25) is 0 Å². The average molecular weight is 274 g/mol. The van der Waals surface area contributed by atoms with Crippen molar-refractivity contribution in [2.24, 2.45) is 0 Å². The molecule has 0 heterocycles. The lowest BCUT2D eigenvalue weighted by atomic mass is 10.1. The summed E-state index contributed by atoms with van der Waals surface area (Å²) in [5.41, 5.74) is 2.66. The van der Waals surface area contributed by atoms with Gasteiger partial charge in [0.05, 0.1) is 19.8 Å². The van der Waals surface area contributed by atoms with Crippen molar-refractivity contribution in [2.45, 2.75) is 19.8 Å². The molecule has 0 aliphatic rings. The molecule has 106 valence electrons. The Morgan fingerprint density at radius 1 is 0.800 bits per heavy atom. The maximum Gasteiger partial charge on any atom is 0.189 e. The van der Waals surface area contributed by atoms with E-state index >= 15 is 0 Å². The molecule has 0 spiro atoms. The maximum absolute atomic E-state index is 9.05. The first-order valence-corrected chi connectivity index (χ1v) is 6.41. The number of hydrogen-bond donors (Lipinski definition) is 2. The Balaban J connectivity index is 1.78. The van der Waals surface area contributed by atoms with Gasteiger partial charge in [-0.05, 0) is 28.8 Å². The summed E-state index contributed by atoms with van der Waals surface area (Å²) in [7, 11) is 0.